The summed E-state index contributed by atoms with van der Waals surface area (Å²) in [5.41, 5.74) is 4.96. The monoisotopic (exact) mass is 609 g/mol. The third kappa shape index (κ3) is 19.6. The number of unbranched alkanes of at least 4 members (excludes halogenated alkanes) is 14. The van der Waals surface area contributed by atoms with Gasteiger partial charge in [0.2, 0.25) is 0 Å². The summed E-state index contributed by atoms with van der Waals surface area (Å²) in [5.74, 6) is 0. The van der Waals surface area contributed by atoms with Crippen LogP contribution < -0.4 is 0 Å². The summed E-state index contributed by atoms with van der Waals surface area (Å²) in [6.07, 6.45) is 22.0. The summed E-state index contributed by atoms with van der Waals surface area (Å²) in [5, 5.41) is 0. The topological polar surface area (TPSA) is 24.9 Å². The molecule has 0 aliphatic heterocycles. The van der Waals surface area contributed by atoms with Crippen LogP contribution in [0.1, 0.15) is 128 Å². The minimum atomic E-state index is 0.677. The first-order chi connectivity index (χ1) is 21.6. The van der Waals surface area contributed by atoms with Crippen LogP contribution in [0.25, 0.3) is 11.1 Å². The van der Waals surface area contributed by atoms with Crippen molar-refractivity contribution in [2.24, 2.45) is 0 Å². The van der Waals surface area contributed by atoms with Crippen molar-refractivity contribution in [3.63, 3.8) is 0 Å². The van der Waals surface area contributed by atoms with Gasteiger partial charge in [0.25, 0.3) is 0 Å². The van der Waals surface area contributed by atoms with Gasteiger partial charge in [0.15, 0.2) is 0 Å². The third-order valence-corrected chi connectivity index (χ3v) is 8.80. The minimum Gasteiger partial charge on any atom is -0.375 e. The number of hydrogen-bond donors (Lipinski definition) is 0. The maximum Gasteiger partial charge on any atom is 0.0717 e. The Bertz CT molecular complexity index is 823. The van der Waals surface area contributed by atoms with Crippen LogP contribution in [-0.2, 0) is 22.7 Å². The predicted molar refractivity (Wildman–Crippen MR) is 191 cm³/mol. The Morgan fingerprint density at radius 1 is 0.409 bits per heavy atom. The van der Waals surface area contributed by atoms with E-state index in [1.807, 2.05) is 0 Å². The number of nitrogens with zero attached hydrogens (tertiary/aromatic N) is 2. The molecule has 0 atom stereocenters. The quantitative estimate of drug-likeness (QED) is 0.0858. The third-order valence-electron chi connectivity index (χ3n) is 8.80. The Labute approximate surface area is 272 Å². The summed E-state index contributed by atoms with van der Waals surface area (Å²) in [7, 11) is 4.43. The molecule has 0 saturated carbocycles. The van der Waals surface area contributed by atoms with Gasteiger partial charge in [-0.1, -0.05) is 152 Å². The van der Waals surface area contributed by atoms with Gasteiger partial charge in [0.1, 0.15) is 0 Å². The van der Waals surface area contributed by atoms with Gasteiger partial charge in [0.05, 0.1) is 26.4 Å². The molecule has 2 aromatic rings. The van der Waals surface area contributed by atoms with E-state index in [0.717, 1.165) is 26.3 Å². The van der Waals surface area contributed by atoms with Gasteiger partial charge in [-0.3, -0.25) is 0 Å². The van der Waals surface area contributed by atoms with E-state index in [4.69, 9.17) is 9.47 Å². The summed E-state index contributed by atoms with van der Waals surface area (Å²) >= 11 is 0. The van der Waals surface area contributed by atoms with E-state index in [1.54, 1.807) is 0 Å². The van der Waals surface area contributed by atoms with E-state index in [1.165, 1.54) is 138 Å². The Morgan fingerprint density at radius 3 is 1.07 bits per heavy atom. The number of ether oxygens (including phenoxy) is 2. The number of benzene rings is 2. The molecular formula is C40H68N2O2. The highest BCUT2D eigenvalue weighted by atomic mass is 16.5. The molecule has 4 heteroatoms. The average molecular weight is 609 g/mol. The number of hydrogen-bond acceptors (Lipinski definition) is 4. The Kier molecular flexibility index (Phi) is 23.2. The molecule has 0 N–H and O–H groups in total. The second-order valence-electron chi connectivity index (χ2n) is 13.1. The first-order valence-electron chi connectivity index (χ1n) is 18.3. The van der Waals surface area contributed by atoms with Crippen LogP contribution in [0.3, 0.4) is 0 Å². The molecule has 2 aromatic carbocycles. The van der Waals surface area contributed by atoms with E-state index in [-0.39, 0.29) is 0 Å². The molecule has 0 bridgehead atoms. The predicted octanol–water partition coefficient (Wildman–Crippen LogP) is 10.5. The molecule has 4 nitrogen and oxygen atoms in total. The Morgan fingerprint density at radius 2 is 0.727 bits per heavy atom. The molecule has 0 fully saturated rings. The zero-order valence-electron chi connectivity index (χ0n) is 29.3. The maximum absolute atomic E-state index is 5.98. The fourth-order valence-corrected chi connectivity index (χ4v) is 5.66. The van der Waals surface area contributed by atoms with E-state index in [2.05, 4.69) is 86.3 Å². The van der Waals surface area contributed by atoms with Crippen molar-refractivity contribution in [1.29, 1.82) is 0 Å². The average Bonchev–Trinajstić information content (AvgIpc) is 3.04. The molecule has 0 amide bonds. The second kappa shape index (κ2) is 26.5. The van der Waals surface area contributed by atoms with Crippen molar-refractivity contribution >= 4 is 0 Å². The fraction of sp³-hybridized carbons (Fsp3) is 0.700. The van der Waals surface area contributed by atoms with Crippen LogP contribution in [0.5, 0.6) is 0 Å². The molecule has 250 valence electrons. The highest BCUT2D eigenvalue weighted by molar-refractivity contribution is 5.63. The molecule has 44 heavy (non-hydrogen) atoms. The van der Waals surface area contributed by atoms with Gasteiger partial charge in [-0.15, -0.1) is 0 Å². The van der Waals surface area contributed by atoms with Gasteiger partial charge in [-0.25, -0.2) is 0 Å². The first-order valence-corrected chi connectivity index (χ1v) is 18.3. The summed E-state index contributed by atoms with van der Waals surface area (Å²) in [4.78, 5) is 4.82. The van der Waals surface area contributed by atoms with Crippen molar-refractivity contribution in [3.05, 3.63) is 59.7 Å². The lowest BCUT2D eigenvalue weighted by molar-refractivity contribution is 0.0991. The van der Waals surface area contributed by atoms with Crippen LogP contribution >= 0.6 is 0 Å². The zero-order valence-corrected chi connectivity index (χ0v) is 29.3. The number of rotatable bonds is 29. The largest absolute Gasteiger partial charge is 0.375 e. The Balaban J connectivity index is 1.51. The van der Waals surface area contributed by atoms with Gasteiger partial charge < -0.3 is 19.3 Å². The molecule has 0 saturated heterocycles. The summed E-state index contributed by atoms with van der Waals surface area (Å²) < 4.78 is 12.0. The van der Waals surface area contributed by atoms with Gasteiger partial charge in [-0.05, 0) is 62.3 Å². The van der Waals surface area contributed by atoms with Crippen molar-refractivity contribution in [3.8, 4) is 11.1 Å². The van der Waals surface area contributed by atoms with Crippen molar-refractivity contribution < 1.29 is 9.47 Å². The van der Waals surface area contributed by atoms with E-state index in [9.17, 15) is 0 Å². The lowest BCUT2D eigenvalue weighted by Crippen LogP contribution is -2.24. The number of likely N-dealkylation sites (N-methyl/N-ethyl adjacent to an activating group) is 2. The highest BCUT2D eigenvalue weighted by Gasteiger charge is 2.03. The summed E-state index contributed by atoms with van der Waals surface area (Å²) in [6, 6.07) is 17.6. The standard InChI is InChI=1S/C40H68N2O2/c1-5-7-9-11-13-15-17-19-29-41(3)31-33-43-35-37-21-25-39(26-22-37)40-27-23-38(24-28-40)36-44-34-32-42(4)30-20-18-16-14-12-10-8-6-2/h21-28H,5-20,29-36H2,1-4H3. The van der Waals surface area contributed by atoms with Crippen molar-refractivity contribution in [1.82, 2.24) is 9.80 Å². The summed E-state index contributed by atoms with van der Waals surface area (Å²) in [6.45, 7) is 11.8. The maximum atomic E-state index is 5.98. The molecule has 0 heterocycles. The van der Waals surface area contributed by atoms with Crippen molar-refractivity contribution in [2.45, 2.75) is 130 Å². The van der Waals surface area contributed by atoms with Crippen LogP contribution in [0.4, 0.5) is 0 Å². The lowest BCUT2D eigenvalue weighted by atomic mass is 10.0. The highest BCUT2D eigenvalue weighted by Crippen LogP contribution is 2.21. The van der Waals surface area contributed by atoms with Crippen LogP contribution in [-0.4, -0.2) is 63.3 Å². The van der Waals surface area contributed by atoms with Crippen molar-refractivity contribution in [2.75, 3.05) is 53.5 Å². The molecule has 0 aliphatic carbocycles. The molecule has 0 unspecified atom stereocenters. The fourth-order valence-electron chi connectivity index (χ4n) is 5.66. The SMILES string of the molecule is CCCCCCCCCCN(C)CCOCc1ccc(-c2ccc(COCCN(C)CCCCCCCCCC)cc2)cc1. The normalized spacial score (nSPS) is 11.7. The Hall–Kier alpha value is -1.72. The lowest BCUT2D eigenvalue weighted by Gasteiger charge is -2.16. The minimum absolute atomic E-state index is 0.677. The van der Waals surface area contributed by atoms with Gasteiger partial charge in [-0.2, -0.15) is 0 Å². The van der Waals surface area contributed by atoms with Gasteiger partial charge >= 0.3 is 0 Å². The van der Waals surface area contributed by atoms with Gasteiger partial charge in [0, 0.05) is 13.1 Å². The van der Waals surface area contributed by atoms with Crippen LogP contribution in [0.15, 0.2) is 48.5 Å². The first kappa shape index (κ1) is 38.5. The van der Waals surface area contributed by atoms with Crippen LogP contribution in [0, 0.1) is 0 Å². The van der Waals surface area contributed by atoms with E-state index < -0.39 is 0 Å². The molecule has 0 aromatic heterocycles. The smallest absolute Gasteiger partial charge is 0.0717 e. The second-order valence-corrected chi connectivity index (χ2v) is 13.1. The molecule has 0 spiro atoms. The van der Waals surface area contributed by atoms with E-state index >= 15 is 0 Å². The molecular weight excluding hydrogens is 540 g/mol. The molecule has 0 aliphatic rings. The van der Waals surface area contributed by atoms with E-state index in [0.29, 0.717) is 13.2 Å². The van der Waals surface area contributed by atoms with Crippen LogP contribution in [0.2, 0.25) is 0 Å². The molecule has 2 rings (SSSR count). The zero-order chi connectivity index (χ0) is 31.5. The molecule has 0 radical (unpaired) electrons.